The van der Waals surface area contributed by atoms with Gasteiger partial charge in [-0.1, -0.05) is 0 Å². The molecule has 2 rings (SSSR count). The van der Waals surface area contributed by atoms with Crippen molar-refractivity contribution >= 4 is 21.4 Å². The second kappa shape index (κ2) is 6.11. The third kappa shape index (κ3) is 3.40. The maximum absolute atomic E-state index is 11.8. The predicted molar refractivity (Wildman–Crippen MR) is 77.1 cm³/mol. The Hall–Kier alpha value is -1.78. The summed E-state index contributed by atoms with van der Waals surface area (Å²) >= 11 is 0. The zero-order valence-corrected chi connectivity index (χ0v) is 12.1. The molecule has 20 heavy (non-hydrogen) atoms. The first-order valence-corrected chi connectivity index (χ1v) is 7.91. The Bertz CT molecular complexity index is 586. The Balaban J connectivity index is 2.07. The van der Waals surface area contributed by atoms with E-state index in [1.807, 2.05) is 12.1 Å². The molecule has 1 aromatic carbocycles. The third-order valence-electron chi connectivity index (χ3n) is 3.15. The second-order valence-corrected chi connectivity index (χ2v) is 6.57. The fourth-order valence-corrected chi connectivity index (χ4v) is 2.66. The van der Waals surface area contributed by atoms with Crippen molar-refractivity contribution in [2.45, 2.75) is 12.2 Å². The van der Waals surface area contributed by atoms with Gasteiger partial charge < -0.3 is 9.64 Å². The van der Waals surface area contributed by atoms with Crippen LogP contribution in [0.3, 0.4) is 0 Å². The van der Waals surface area contributed by atoms with Gasteiger partial charge in [-0.25, -0.2) is 8.42 Å². The SMILES string of the molecule is CC(C#N)S(=O)(=O)Nc1ccc(N2CCOCC2)cc1. The normalized spacial score (nSPS) is 17.3. The van der Waals surface area contributed by atoms with Gasteiger partial charge in [0.2, 0.25) is 10.0 Å². The maximum Gasteiger partial charge on any atom is 0.248 e. The number of rotatable bonds is 4. The number of nitriles is 1. The lowest BCUT2D eigenvalue weighted by Gasteiger charge is -2.28. The first kappa shape index (κ1) is 14.6. The largest absolute Gasteiger partial charge is 0.378 e. The van der Waals surface area contributed by atoms with E-state index in [1.165, 1.54) is 6.92 Å². The average molecular weight is 295 g/mol. The molecular formula is C13H17N3O3S. The minimum atomic E-state index is -3.65. The summed E-state index contributed by atoms with van der Waals surface area (Å²) < 4.78 is 31.2. The summed E-state index contributed by atoms with van der Waals surface area (Å²) in [6, 6.07) is 8.84. The molecule has 7 heteroatoms. The number of benzene rings is 1. The van der Waals surface area contributed by atoms with Crippen LogP contribution in [0.25, 0.3) is 0 Å². The summed E-state index contributed by atoms with van der Waals surface area (Å²) in [5.41, 5.74) is 1.49. The van der Waals surface area contributed by atoms with Crippen molar-refractivity contribution in [1.82, 2.24) is 0 Å². The van der Waals surface area contributed by atoms with Gasteiger partial charge in [0.25, 0.3) is 0 Å². The molecule has 6 nitrogen and oxygen atoms in total. The van der Waals surface area contributed by atoms with E-state index >= 15 is 0 Å². The van der Waals surface area contributed by atoms with Gasteiger partial charge in [-0.2, -0.15) is 5.26 Å². The molecular weight excluding hydrogens is 278 g/mol. The van der Waals surface area contributed by atoms with Crippen LogP contribution in [0.15, 0.2) is 24.3 Å². The van der Waals surface area contributed by atoms with E-state index in [0.29, 0.717) is 18.9 Å². The number of nitrogens with one attached hydrogen (secondary N) is 1. The molecule has 108 valence electrons. The van der Waals surface area contributed by atoms with Crippen molar-refractivity contribution in [2.75, 3.05) is 35.9 Å². The molecule has 1 aliphatic rings. The molecule has 0 bridgehead atoms. The van der Waals surface area contributed by atoms with Crippen molar-refractivity contribution in [3.8, 4) is 6.07 Å². The van der Waals surface area contributed by atoms with E-state index in [9.17, 15) is 8.42 Å². The predicted octanol–water partition coefficient (Wildman–Crippen LogP) is 1.18. The first-order valence-electron chi connectivity index (χ1n) is 6.37. The lowest BCUT2D eigenvalue weighted by Crippen LogP contribution is -2.36. The highest BCUT2D eigenvalue weighted by molar-refractivity contribution is 7.93. The number of hydrogen-bond acceptors (Lipinski definition) is 5. The molecule has 0 spiro atoms. The van der Waals surface area contributed by atoms with Crippen molar-refractivity contribution in [1.29, 1.82) is 5.26 Å². The Kier molecular flexibility index (Phi) is 4.47. The maximum atomic E-state index is 11.8. The molecule has 1 atom stereocenters. The summed E-state index contributed by atoms with van der Waals surface area (Å²) in [6.07, 6.45) is 0. The lowest BCUT2D eigenvalue weighted by atomic mass is 10.2. The minimum absolute atomic E-state index is 0.462. The average Bonchev–Trinajstić information content (AvgIpc) is 2.47. The molecule has 1 unspecified atom stereocenters. The van der Waals surface area contributed by atoms with Crippen molar-refractivity contribution in [2.24, 2.45) is 0 Å². The zero-order chi connectivity index (χ0) is 14.6. The number of morpholine rings is 1. The fraction of sp³-hybridized carbons (Fsp3) is 0.462. The van der Waals surface area contributed by atoms with Crippen LogP contribution in [-0.2, 0) is 14.8 Å². The van der Waals surface area contributed by atoms with Gasteiger partial charge in [0.05, 0.1) is 19.3 Å². The van der Waals surface area contributed by atoms with E-state index < -0.39 is 15.3 Å². The van der Waals surface area contributed by atoms with Gasteiger partial charge in [0, 0.05) is 24.5 Å². The van der Waals surface area contributed by atoms with Gasteiger partial charge in [-0.3, -0.25) is 4.72 Å². The molecule has 1 fully saturated rings. The quantitative estimate of drug-likeness (QED) is 0.902. The van der Waals surface area contributed by atoms with Gasteiger partial charge >= 0.3 is 0 Å². The molecule has 0 saturated carbocycles. The monoisotopic (exact) mass is 295 g/mol. The molecule has 0 amide bonds. The van der Waals surface area contributed by atoms with Crippen LogP contribution in [0.4, 0.5) is 11.4 Å². The summed E-state index contributed by atoms with van der Waals surface area (Å²) in [4.78, 5) is 2.18. The first-order chi connectivity index (χ1) is 9.53. The third-order valence-corrected chi connectivity index (χ3v) is 4.71. The molecule has 1 aromatic rings. The number of nitrogens with zero attached hydrogens (tertiary/aromatic N) is 2. The summed E-state index contributed by atoms with van der Waals surface area (Å²) in [5, 5.41) is 7.59. The van der Waals surface area contributed by atoms with Crippen molar-refractivity contribution < 1.29 is 13.2 Å². The molecule has 0 aliphatic carbocycles. The Morgan fingerprint density at radius 2 is 1.90 bits per heavy atom. The summed E-state index contributed by atoms with van der Waals surface area (Å²) in [5.74, 6) is 0. The van der Waals surface area contributed by atoms with Crippen LogP contribution in [-0.4, -0.2) is 40.0 Å². The lowest BCUT2D eigenvalue weighted by molar-refractivity contribution is 0.122. The molecule has 1 N–H and O–H groups in total. The van der Waals surface area contributed by atoms with Crippen LogP contribution >= 0.6 is 0 Å². The highest BCUT2D eigenvalue weighted by atomic mass is 32.2. The molecule has 1 saturated heterocycles. The van der Waals surface area contributed by atoms with Crippen molar-refractivity contribution in [3.63, 3.8) is 0 Å². The van der Waals surface area contributed by atoms with Crippen LogP contribution in [0.1, 0.15) is 6.92 Å². The number of ether oxygens (including phenoxy) is 1. The van der Waals surface area contributed by atoms with Crippen molar-refractivity contribution in [3.05, 3.63) is 24.3 Å². The fourth-order valence-electron chi connectivity index (χ4n) is 1.88. The Labute approximate surface area is 119 Å². The summed E-state index contributed by atoms with van der Waals surface area (Å²) in [6.45, 7) is 4.42. The van der Waals surface area contributed by atoms with Crippen LogP contribution < -0.4 is 9.62 Å². The van der Waals surface area contributed by atoms with Gasteiger partial charge in [-0.05, 0) is 31.2 Å². The van der Waals surface area contributed by atoms with E-state index in [2.05, 4.69) is 9.62 Å². The van der Waals surface area contributed by atoms with Gasteiger partial charge in [-0.15, -0.1) is 0 Å². The van der Waals surface area contributed by atoms with Crippen LogP contribution in [0, 0.1) is 11.3 Å². The minimum Gasteiger partial charge on any atom is -0.378 e. The summed E-state index contributed by atoms with van der Waals surface area (Å²) in [7, 11) is -3.65. The Morgan fingerprint density at radius 1 is 1.30 bits per heavy atom. The van der Waals surface area contributed by atoms with Gasteiger partial charge in [0.15, 0.2) is 5.25 Å². The van der Waals surface area contributed by atoms with Gasteiger partial charge in [0.1, 0.15) is 0 Å². The standard InChI is InChI=1S/C13H17N3O3S/c1-11(10-14)20(17,18)15-12-2-4-13(5-3-12)16-6-8-19-9-7-16/h2-5,11,15H,6-9H2,1H3. The zero-order valence-electron chi connectivity index (χ0n) is 11.2. The van der Waals surface area contributed by atoms with E-state index in [1.54, 1.807) is 18.2 Å². The highest BCUT2D eigenvalue weighted by Crippen LogP contribution is 2.20. The number of hydrogen-bond donors (Lipinski definition) is 1. The smallest absolute Gasteiger partial charge is 0.248 e. The number of anilines is 2. The van der Waals surface area contributed by atoms with Crippen LogP contribution in [0.2, 0.25) is 0 Å². The second-order valence-electron chi connectivity index (χ2n) is 4.56. The van der Waals surface area contributed by atoms with E-state index in [0.717, 1.165) is 18.8 Å². The van der Waals surface area contributed by atoms with Crippen LogP contribution in [0.5, 0.6) is 0 Å². The molecule has 0 radical (unpaired) electrons. The topological polar surface area (TPSA) is 82.4 Å². The number of sulfonamides is 1. The Morgan fingerprint density at radius 3 is 2.45 bits per heavy atom. The molecule has 1 heterocycles. The highest BCUT2D eigenvalue weighted by Gasteiger charge is 2.20. The van der Waals surface area contributed by atoms with E-state index in [4.69, 9.17) is 10.00 Å². The molecule has 0 aromatic heterocycles. The van der Waals surface area contributed by atoms with E-state index in [-0.39, 0.29) is 0 Å². The molecule has 1 aliphatic heterocycles.